The fraction of sp³-hybridized carbons (Fsp3) is 1.00. The Balaban J connectivity index is 1.52. The van der Waals surface area contributed by atoms with Crippen molar-refractivity contribution in [2.24, 2.45) is 17.8 Å². The maximum absolute atomic E-state index is 5.96. The van der Waals surface area contributed by atoms with Gasteiger partial charge in [-0.3, -0.25) is 0 Å². The summed E-state index contributed by atoms with van der Waals surface area (Å²) in [6, 6.07) is 0. The highest BCUT2D eigenvalue weighted by Crippen LogP contribution is 2.41. The summed E-state index contributed by atoms with van der Waals surface area (Å²) < 4.78 is 5.96. The molecule has 0 bridgehead atoms. The third kappa shape index (κ3) is 7.46. The molecule has 0 spiro atoms. The number of ether oxygens (including phenoxy) is 1. The van der Waals surface area contributed by atoms with Crippen molar-refractivity contribution in [3.63, 3.8) is 0 Å². The van der Waals surface area contributed by atoms with Crippen LogP contribution in [0.3, 0.4) is 0 Å². The molecule has 0 aromatic heterocycles. The van der Waals surface area contributed by atoms with Crippen LogP contribution >= 0.6 is 0 Å². The summed E-state index contributed by atoms with van der Waals surface area (Å²) in [6.45, 7) is 5.50. The molecule has 1 nitrogen and oxygen atoms in total. The fourth-order valence-corrected chi connectivity index (χ4v) is 5.17. The minimum Gasteiger partial charge on any atom is -0.378 e. The van der Waals surface area contributed by atoms with Crippen molar-refractivity contribution in [1.29, 1.82) is 0 Å². The van der Waals surface area contributed by atoms with E-state index in [1.807, 2.05) is 0 Å². The van der Waals surface area contributed by atoms with Gasteiger partial charge >= 0.3 is 0 Å². The molecular weight excluding hydrogens is 292 g/mol. The Kier molecular flexibility index (Phi) is 10.4. The molecule has 24 heavy (non-hydrogen) atoms. The molecule has 0 radical (unpaired) electrons. The first kappa shape index (κ1) is 20.3. The number of hydrogen-bond acceptors (Lipinski definition) is 1. The highest BCUT2D eigenvalue weighted by molar-refractivity contribution is 4.82. The molecule has 0 saturated heterocycles. The van der Waals surface area contributed by atoms with Crippen LogP contribution < -0.4 is 0 Å². The van der Waals surface area contributed by atoms with Gasteiger partial charge in [0.15, 0.2) is 0 Å². The molecule has 0 aromatic carbocycles. The van der Waals surface area contributed by atoms with Crippen molar-refractivity contribution in [1.82, 2.24) is 0 Å². The van der Waals surface area contributed by atoms with Gasteiger partial charge < -0.3 is 4.74 Å². The van der Waals surface area contributed by atoms with Crippen molar-refractivity contribution < 1.29 is 4.74 Å². The van der Waals surface area contributed by atoms with E-state index in [0.717, 1.165) is 24.4 Å². The van der Waals surface area contributed by atoms with E-state index < -0.39 is 0 Å². The zero-order valence-corrected chi connectivity index (χ0v) is 16.7. The second kappa shape index (κ2) is 12.3. The van der Waals surface area contributed by atoms with Gasteiger partial charge in [0.1, 0.15) is 0 Å². The van der Waals surface area contributed by atoms with Crippen molar-refractivity contribution in [2.75, 3.05) is 6.61 Å². The van der Waals surface area contributed by atoms with E-state index in [9.17, 15) is 0 Å². The van der Waals surface area contributed by atoms with Gasteiger partial charge in [0.25, 0.3) is 0 Å². The lowest BCUT2D eigenvalue weighted by Crippen LogP contribution is -2.28. The summed E-state index contributed by atoms with van der Waals surface area (Å²) in [5, 5.41) is 0. The van der Waals surface area contributed by atoms with Gasteiger partial charge in [-0.2, -0.15) is 0 Å². The Morgan fingerprint density at radius 1 is 0.625 bits per heavy atom. The highest BCUT2D eigenvalue weighted by Gasteiger charge is 2.30. The average Bonchev–Trinajstić information content (AvgIpc) is 2.64. The summed E-state index contributed by atoms with van der Waals surface area (Å²) >= 11 is 0. The zero-order valence-electron chi connectivity index (χ0n) is 16.7. The molecule has 0 N–H and O–H groups in total. The second-order valence-electron chi connectivity index (χ2n) is 8.74. The molecule has 0 amide bonds. The van der Waals surface area contributed by atoms with Gasteiger partial charge in [-0.1, -0.05) is 71.6 Å². The van der Waals surface area contributed by atoms with Gasteiger partial charge in [-0.15, -0.1) is 0 Å². The fourth-order valence-electron chi connectivity index (χ4n) is 5.17. The molecule has 142 valence electrons. The van der Waals surface area contributed by atoms with Gasteiger partial charge in [0, 0.05) is 6.61 Å². The SMILES string of the molecule is CCCCCCCCC1CCC(C2CCC(OCCC)CC2)CC1. The molecule has 2 fully saturated rings. The topological polar surface area (TPSA) is 9.23 Å². The van der Waals surface area contributed by atoms with E-state index in [2.05, 4.69) is 13.8 Å². The molecule has 0 heterocycles. The summed E-state index contributed by atoms with van der Waals surface area (Å²) in [5.74, 6) is 3.15. The third-order valence-electron chi connectivity index (χ3n) is 6.80. The minimum absolute atomic E-state index is 0.588. The highest BCUT2D eigenvalue weighted by atomic mass is 16.5. The van der Waals surface area contributed by atoms with Crippen LogP contribution in [-0.4, -0.2) is 12.7 Å². The summed E-state index contributed by atoms with van der Waals surface area (Å²) in [4.78, 5) is 0. The summed E-state index contributed by atoms with van der Waals surface area (Å²) in [5.41, 5.74) is 0. The van der Waals surface area contributed by atoms with Crippen molar-refractivity contribution >= 4 is 0 Å². The van der Waals surface area contributed by atoms with Crippen LogP contribution in [-0.2, 0) is 4.74 Å². The zero-order chi connectivity index (χ0) is 17.0. The van der Waals surface area contributed by atoms with Crippen molar-refractivity contribution in [3.05, 3.63) is 0 Å². The first-order chi connectivity index (χ1) is 11.8. The monoisotopic (exact) mass is 336 g/mol. The lowest BCUT2D eigenvalue weighted by Gasteiger charge is -2.37. The van der Waals surface area contributed by atoms with Gasteiger partial charge in [-0.25, -0.2) is 0 Å². The quantitative estimate of drug-likeness (QED) is 0.354. The Bertz CT molecular complexity index is 284. The molecule has 0 aliphatic heterocycles. The number of hydrogen-bond donors (Lipinski definition) is 0. The smallest absolute Gasteiger partial charge is 0.0575 e. The average molecular weight is 337 g/mol. The number of unbranched alkanes of at least 4 members (excludes halogenated alkanes) is 5. The Hall–Kier alpha value is -0.0400. The lowest BCUT2D eigenvalue weighted by atomic mass is 9.70. The molecule has 2 aliphatic carbocycles. The van der Waals surface area contributed by atoms with E-state index in [-0.39, 0.29) is 0 Å². The maximum atomic E-state index is 5.96. The second-order valence-corrected chi connectivity index (χ2v) is 8.74. The van der Waals surface area contributed by atoms with Crippen LogP contribution in [0.4, 0.5) is 0 Å². The van der Waals surface area contributed by atoms with E-state index in [1.165, 1.54) is 103 Å². The minimum atomic E-state index is 0.588. The van der Waals surface area contributed by atoms with Crippen LogP contribution in [0.5, 0.6) is 0 Å². The first-order valence-electron chi connectivity index (χ1n) is 11.4. The van der Waals surface area contributed by atoms with Crippen LogP contribution in [0.1, 0.15) is 117 Å². The molecule has 1 heteroatoms. The summed E-state index contributed by atoms with van der Waals surface area (Å²) in [7, 11) is 0. The lowest BCUT2D eigenvalue weighted by molar-refractivity contribution is 0.00726. The van der Waals surface area contributed by atoms with E-state index in [1.54, 1.807) is 0 Å². The van der Waals surface area contributed by atoms with E-state index >= 15 is 0 Å². The predicted molar refractivity (Wildman–Crippen MR) is 105 cm³/mol. The van der Waals surface area contributed by atoms with Gasteiger partial charge in [-0.05, 0) is 62.7 Å². The van der Waals surface area contributed by atoms with Crippen LogP contribution in [0.15, 0.2) is 0 Å². The first-order valence-corrected chi connectivity index (χ1v) is 11.4. The Morgan fingerprint density at radius 3 is 1.83 bits per heavy atom. The standard InChI is InChI=1S/C23H44O/c1-3-5-6-7-8-9-10-20-11-13-21(14-12-20)22-15-17-23(18-16-22)24-19-4-2/h20-23H,3-19H2,1-2H3. The van der Waals surface area contributed by atoms with Crippen molar-refractivity contribution in [3.8, 4) is 0 Å². The molecule has 0 aromatic rings. The molecule has 2 aliphatic rings. The molecule has 0 atom stereocenters. The predicted octanol–water partition coefficient (Wildman–Crippen LogP) is 7.53. The maximum Gasteiger partial charge on any atom is 0.0575 e. The molecule has 0 unspecified atom stereocenters. The Morgan fingerprint density at radius 2 is 1.21 bits per heavy atom. The molecule has 2 rings (SSSR count). The van der Waals surface area contributed by atoms with Crippen molar-refractivity contribution in [2.45, 2.75) is 123 Å². The third-order valence-corrected chi connectivity index (χ3v) is 6.80. The molecule has 2 saturated carbocycles. The Labute approximate surface area is 152 Å². The van der Waals surface area contributed by atoms with E-state index in [0.29, 0.717) is 6.10 Å². The molecular formula is C23H44O. The van der Waals surface area contributed by atoms with Gasteiger partial charge in [0.05, 0.1) is 6.10 Å². The van der Waals surface area contributed by atoms with Crippen LogP contribution in [0.25, 0.3) is 0 Å². The largest absolute Gasteiger partial charge is 0.378 e. The van der Waals surface area contributed by atoms with Crippen LogP contribution in [0, 0.1) is 17.8 Å². The van der Waals surface area contributed by atoms with Crippen LogP contribution in [0.2, 0.25) is 0 Å². The van der Waals surface area contributed by atoms with E-state index in [4.69, 9.17) is 4.74 Å². The number of rotatable bonds is 11. The normalized spacial score (nSPS) is 31.2. The van der Waals surface area contributed by atoms with Gasteiger partial charge in [0.2, 0.25) is 0 Å². The summed E-state index contributed by atoms with van der Waals surface area (Å²) in [6.07, 6.45) is 23.7.